The van der Waals surface area contributed by atoms with Gasteiger partial charge in [-0.25, -0.2) is 0 Å². The number of aryl methyl sites for hydroxylation is 2. The van der Waals surface area contributed by atoms with Crippen LogP contribution in [0.5, 0.6) is 5.75 Å². The first-order chi connectivity index (χ1) is 8.08. The van der Waals surface area contributed by atoms with E-state index < -0.39 is 0 Å². The lowest BCUT2D eigenvalue weighted by atomic mass is 10.0. The number of ether oxygens (including phenoxy) is 2. The van der Waals surface area contributed by atoms with Crippen molar-refractivity contribution >= 4 is 17.5 Å². The number of benzene rings is 1. The van der Waals surface area contributed by atoms with Gasteiger partial charge in [0.15, 0.2) is 5.90 Å². The fourth-order valence-electron chi connectivity index (χ4n) is 1.82. The van der Waals surface area contributed by atoms with E-state index in [1.54, 1.807) is 7.11 Å². The van der Waals surface area contributed by atoms with Gasteiger partial charge in [0.05, 0.1) is 14.2 Å². The van der Waals surface area contributed by atoms with Crippen LogP contribution < -0.4 is 4.74 Å². The Morgan fingerprint density at radius 3 is 2.65 bits per heavy atom. The van der Waals surface area contributed by atoms with Crippen LogP contribution in [-0.2, 0) is 11.2 Å². The van der Waals surface area contributed by atoms with Crippen LogP contribution >= 0.6 is 11.6 Å². The van der Waals surface area contributed by atoms with Gasteiger partial charge < -0.3 is 9.47 Å². The molecule has 0 fully saturated rings. The number of rotatable bonds is 5. The largest absolute Gasteiger partial charge is 0.496 e. The summed E-state index contributed by atoms with van der Waals surface area (Å²) in [5.41, 5.74) is 2.12. The van der Waals surface area contributed by atoms with Gasteiger partial charge in [-0.3, -0.25) is 5.41 Å². The Morgan fingerprint density at radius 1 is 1.35 bits per heavy atom. The van der Waals surface area contributed by atoms with Crippen molar-refractivity contribution in [2.75, 3.05) is 14.2 Å². The summed E-state index contributed by atoms with van der Waals surface area (Å²) < 4.78 is 10.2. The van der Waals surface area contributed by atoms with Gasteiger partial charge in [0.2, 0.25) is 0 Å². The topological polar surface area (TPSA) is 42.3 Å². The zero-order valence-corrected chi connectivity index (χ0v) is 11.2. The van der Waals surface area contributed by atoms with Crippen molar-refractivity contribution in [3.63, 3.8) is 0 Å². The molecule has 0 amide bonds. The van der Waals surface area contributed by atoms with Crippen molar-refractivity contribution in [1.82, 2.24) is 0 Å². The second-order valence-corrected chi connectivity index (χ2v) is 4.33. The molecule has 3 nitrogen and oxygen atoms in total. The highest BCUT2D eigenvalue weighted by Crippen LogP contribution is 2.28. The molecule has 0 saturated carbocycles. The Kier molecular flexibility index (Phi) is 5.29. The molecule has 17 heavy (non-hydrogen) atoms. The molecule has 0 radical (unpaired) electrons. The first-order valence-corrected chi connectivity index (χ1v) is 5.90. The quantitative estimate of drug-likeness (QED) is 0.645. The molecule has 0 bridgehead atoms. The van der Waals surface area contributed by atoms with E-state index in [0.717, 1.165) is 34.7 Å². The van der Waals surface area contributed by atoms with Crippen LogP contribution in [0.3, 0.4) is 0 Å². The average molecular weight is 256 g/mol. The molecule has 1 N–H and O–H groups in total. The fraction of sp³-hybridized carbons (Fsp3) is 0.462. The van der Waals surface area contributed by atoms with E-state index in [4.69, 9.17) is 26.5 Å². The summed E-state index contributed by atoms with van der Waals surface area (Å²) in [5, 5.41) is 8.13. The van der Waals surface area contributed by atoms with Gasteiger partial charge >= 0.3 is 0 Å². The van der Waals surface area contributed by atoms with E-state index in [2.05, 4.69) is 0 Å². The zero-order valence-electron chi connectivity index (χ0n) is 10.5. The Morgan fingerprint density at radius 2 is 2.06 bits per heavy atom. The zero-order chi connectivity index (χ0) is 12.8. The number of nitrogens with one attached hydrogen (secondary N) is 1. The van der Waals surface area contributed by atoms with Crippen LogP contribution in [0, 0.1) is 12.3 Å². The molecule has 1 aromatic carbocycles. The monoisotopic (exact) mass is 255 g/mol. The Bertz CT molecular complexity index is 405. The minimum Gasteiger partial charge on any atom is -0.496 e. The number of methoxy groups -OCH3 is 2. The Hall–Kier alpha value is -1.22. The van der Waals surface area contributed by atoms with Crippen LogP contribution in [0.15, 0.2) is 12.1 Å². The normalized spacial score (nSPS) is 10.1. The van der Waals surface area contributed by atoms with Crippen LogP contribution in [0.25, 0.3) is 0 Å². The SMILES string of the molecule is COC(=N)CCCc1cc(Cl)cc(C)c1OC. The molecule has 0 saturated heterocycles. The lowest BCUT2D eigenvalue weighted by Gasteiger charge is -2.12. The highest BCUT2D eigenvalue weighted by Gasteiger charge is 2.08. The van der Waals surface area contributed by atoms with Crippen molar-refractivity contribution < 1.29 is 9.47 Å². The summed E-state index contributed by atoms with van der Waals surface area (Å²) in [5.74, 6) is 1.20. The van der Waals surface area contributed by atoms with E-state index in [1.165, 1.54) is 7.11 Å². The van der Waals surface area contributed by atoms with Crippen LogP contribution in [-0.4, -0.2) is 20.1 Å². The minimum atomic E-state index is 0.308. The van der Waals surface area contributed by atoms with Crippen molar-refractivity contribution in [2.45, 2.75) is 26.2 Å². The molecule has 0 aliphatic rings. The van der Waals surface area contributed by atoms with E-state index in [1.807, 2.05) is 19.1 Å². The molecule has 0 atom stereocenters. The average Bonchev–Trinajstić information content (AvgIpc) is 2.28. The summed E-state index contributed by atoms with van der Waals surface area (Å²) in [6, 6.07) is 3.81. The summed E-state index contributed by atoms with van der Waals surface area (Å²) in [4.78, 5) is 0. The summed E-state index contributed by atoms with van der Waals surface area (Å²) >= 11 is 6.03. The van der Waals surface area contributed by atoms with E-state index in [9.17, 15) is 0 Å². The lowest BCUT2D eigenvalue weighted by Crippen LogP contribution is -2.01. The molecule has 1 rings (SSSR count). The van der Waals surface area contributed by atoms with Crippen LogP contribution in [0.4, 0.5) is 0 Å². The van der Waals surface area contributed by atoms with Crippen molar-refractivity contribution in [3.05, 3.63) is 28.3 Å². The maximum absolute atomic E-state index is 7.41. The highest BCUT2D eigenvalue weighted by atomic mass is 35.5. The molecule has 4 heteroatoms. The number of hydrogen-bond acceptors (Lipinski definition) is 3. The number of hydrogen-bond donors (Lipinski definition) is 1. The smallest absolute Gasteiger partial charge is 0.180 e. The van der Waals surface area contributed by atoms with Crippen molar-refractivity contribution in [2.24, 2.45) is 0 Å². The maximum atomic E-state index is 7.41. The van der Waals surface area contributed by atoms with Crippen LogP contribution in [0.2, 0.25) is 5.02 Å². The molecule has 94 valence electrons. The first-order valence-electron chi connectivity index (χ1n) is 5.53. The minimum absolute atomic E-state index is 0.308. The van der Waals surface area contributed by atoms with E-state index in [0.29, 0.717) is 12.3 Å². The summed E-state index contributed by atoms with van der Waals surface area (Å²) in [6.07, 6.45) is 2.31. The van der Waals surface area contributed by atoms with Gasteiger partial charge in [-0.15, -0.1) is 0 Å². The first kappa shape index (κ1) is 13.8. The maximum Gasteiger partial charge on any atom is 0.180 e. The standard InChI is InChI=1S/C13H18ClNO2/c1-9-7-11(14)8-10(13(9)17-3)5-4-6-12(15)16-2/h7-8,15H,4-6H2,1-3H3. The van der Waals surface area contributed by atoms with Gasteiger partial charge in [-0.05, 0) is 43.0 Å². The third-order valence-electron chi connectivity index (χ3n) is 2.62. The van der Waals surface area contributed by atoms with Gasteiger partial charge in [0, 0.05) is 11.4 Å². The molecule has 0 aromatic heterocycles. The molecule has 0 unspecified atom stereocenters. The second kappa shape index (κ2) is 6.50. The third kappa shape index (κ3) is 3.93. The van der Waals surface area contributed by atoms with Gasteiger partial charge in [0.25, 0.3) is 0 Å². The van der Waals surface area contributed by atoms with Gasteiger partial charge in [-0.2, -0.15) is 0 Å². The predicted octanol–water partition coefficient (Wildman–Crippen LogP) is 3.60. The highest BCUT2D eigenvalue weighted by molar-refractivity contribution is 6.30. The predicted molar refractivity (Wildman–Crippen MR) is 70.4 cm³/mol. The second-order valence-electron chi connectivity index (χ2n) is 3.90. The lowest BCUT2D eigenvalue weighted by molar-refractivity contribution is 0.383. The van der Waals surface area contributed by atoms with Crippen molar-refractivity contribution in [3.8, 4) is 5.75 Å². The van der Waals surface area contributed by atoms with Gasteiger partial charge in [-0.1, -0.05) is 11.6 Å². The fourth-order valence-corrected chi connectivity index (χ4v) is 2.11. The third-order valence-corrected chi connectivity index (χ3v) is 2.84. The Balaban J connectivity index is 2.72. The molecule has 0 aliphatic carbocycles. The molecule has 1 aromatic rings. The Labute approximate surface area is 107 Å². The van der Waals surface area contributed by atoms with E-state index in [-0.39, 0.29) is 0 Å². The van der Waals surface area contributed by atoms with Crippen LogP contribution in [0.1, 0.15) is 24.0 Å². The summed E-state index contributed by atoms with van der Waals surface area (Å²) in [7, 11) is 3.18. The molecule has 0 heterocycles. The molecular formula is C13H18ClNO2. The number of halogens is 1. The van der Waals surface area contributed by atoms with Gasteiger partial charge in [0.1, 0.15) is 5.75 Å². The molecule has 0 aliphatic heterocycles. The molecular weight excluding hydrogens is 238 g/mol. The molecule has 0 spiro atoms. The summed E-state index contributed by atoms with van der Waals surface area (Å²) in [6.45, 7) is 1.98. The van der Waals surface area contributed by atoms with Crippen molar-refractivity contribution in [1.29, 1.82) is 5.41 Å². The van der Waals surface area contributed by atoms with E-state index >= 15 is 0 Å².